The molecule has 1 N–H and O–H groups in total. The molecule has 2 atom stereocenters. The molecule has 0 heterocycles. The first-order valence-electron chi connectivity index (χ1n) is 6.15. The highest BCUT2D eigenvalue weighted by atomic mass is 35.5. The molecule has 2 rings (SSSR count). The summed E-state index contributed by atoms with van der Waals surface area (Å²) in [4.78, 5) is 0. The Kier molecular flexibility index (Phi) is 4.25. The van der Waals surface area contributed by atoms with Crippen LogP contribution in [-0.4, -0.2) is 18.5 Å². The average Bonchev–Trinajstić information content (AvgIpc) is 3.13. The Morgan fingerprint density at radius 1 is 1.31 bits per heavy atom. The maximum Gasteiger partial charge on any atom is 0.0379 e. The van der Waals surface area contributed by atoms with Crippen LogP contribution >= 0.6 is 11.6 Å². The summed E-state index contributed by atoms with van der Waals surface area (Å²) in [5.74, 6) is 0.785. The van der Waals surface area contributed by atoms with Crippen LogP contribution in [0.4, 0.5) is 0 Å². The lowest BCUT2D eigenvalue weighted by Gasteiger charge is -2.19. The van der Waals surface area contributed by atoms with Gasteiger partial charge in [-0.1, -0.05) is 30.3 Å². The van der Waals surface area contributed by atoms with E-state index in [9.17, 15) is 0 Å². The predicted molar refractivity (Wildman–Crippen MR) is 70.0 cm³/mol. The molecule has 0 spiro atoms. The number of nitrogens with one attached hydrogen (secondary N) is 1. The highest BCUT2D eigenvalue weighted by Crippen LogP contribution is 2.37. The van der Waals surface area contributed by atoms with Crippen molar-refractivity contribution in [3.8, 4) is 0 Å². The highest BCUT2D eigenvalue weighted by Gasteiger charge is 2.30. The topological polar surface area (TPSA) is 12.0 Å². The van der Waals surface area contributed by atoms with Gasteiger partial charge in [0.05, 0.1) is 0 Å². The van der Waals surface area contributed by atoms with Crippen molar-refractivity contribution in [1.82, 2.24) is 5.32 Å². The Morgan fingerprint density at radius 2 is 2.00 bits per heavy atom. The molecule has 1 aromatic carbocycles. The van der Waals surface area contributed by atoms with Gasteiger partial charge < -0.3 is 5.32 Å². The summed E-state index contributed by atoms with van der Waals surface area (Å²) in [6, 6.07) is 11.1. The standard InChI is InChI=1S/C14H20ClN/c1-16-13(10-14(15)12-7-8-12)9-11-5-3-2-4-6-11/h2-6,12-14,16H,7-10H2,1H3. The van der Waals surface area contributed by atoms with E-state index in [0.29, 0.717) is 11.4 Å². The first kappa shape index (κ1) is 11.9. The van der Waals surface area contributed by atoms with Gasteiger partial charge in [-0.25, -0.2) is 0 Å². The number of rotatable bonds is 6. The molecule has 0 bridgehead atoms. The molecular formula is C14H20ClN. The molecule has 1 aromatic rings. The third-order valence-electron chi connectivity index (χ3n) is 3.38. The zero-order valence-electron chi connectivity index (χ0n) is 9.83. The normalized spacial score (nSPS) is 19.4. The first-order chi connectivity index (χ1) is 7.79. The van der Waals surface area contributed by atoms with Crippen LogP contribution in [0.5, 0.6) is 0 Å². The first-order valence-corrected chi connectivity index (χ1v) is 6.58. The zero-order chi connectivity index (χ0) is 11.4. The average molecular weight is 238 g/mol. The van der Waals surface area contributed by atoms with Gasteiger partial charge in [-0.05, 0) is 44.2 Å². The molecule has 0 radical (unpaired) electrons. The maximum absolute atomic E-state index is 6.38. The summed E-state index contributed by atoms with van der Waals surface area (Å²) in [6.07, 6.45) is 4.82. The van der Waals surface area contributed by atoms with E-state index >= 15 is 0 Å². The van der Waals surface area contributed by atoms with Crippen LogP contribution in [0, 0.1) is 5.92 Å². The van der Waals surface area contributed by atoms with Crippen LogP contribution in [-0.2, 0) is 6.42 Å². The van der Waals surface area contributed by atoms with E-state index in [1.165, 1.54) is 18.4 Å². The number of benzene rings is 1. The van der Waals surface area contributed by atoms with E-state index in [4.69, 9.17) is 11.6 Å². The lowest BCUT2D eigenvalue weighted by molar-refractivity contribution is 0.490. The largest absolute Gasteiger partial charge is 0.317 e. The van der Waals surface area contributed by atoms with Crippen molar-refractivity contribution in [2.75, 3.05) is 7.05 Å². The number of hydrogen-bond acceptors (Lipinski definition) is 1. The molecule has 2 heteroatoms. The summed E-state index contributed by atoms with van der Waals surface area (Å²) in [5, 5.41) is 3.74. The summed E-state index contributed by atoms with van der Waals surface area (Å²) in [6.45, 7) is 0. The number of halogens is 1. The second-order valence-corrected chi connectivity index (χ2v) is 5.33. The summed E-state index contributed by atoms with van der Waals surface area (Å²) >= 11 is 6.38. The van der Waals surface area contributed by atoms with E-state index in [2.05, 4.69) is 35.6 Å². The van der Waals surface area contributed by atoms with E-state index in [0.717, 1.165) is 18.8 Å². The second kappa shape index (κ2) is 5.70. The fraction of sp³-hybridized carbons (Fsp3) is 0.571. The van der Waals surface area contributed by atoms with Crippen molar-refractivity contribution < 1.29 is 0 Å². The van der Waals surface area contributed by atoms with Crippen LogP contribution in [0.2, 0.25) is 0 Å². The Hall–Kier alpha value is -0.530. The molecule has 1 fully saturated rings. The molecule has 2 unspecified atom stereocenters. The van der Waals surface area contributed by atoms with Crippen LogP contribution in [0.1, 0.15) is 24.8 Å². The fourth-order valence-electron chi connectivity index (χ4n) is 2.12. The zero-order valence-corrected chi connectivity index (χ0v) is 10.6. The Labute approximate surface area is 103 Å². The smallest absolute Gasteiger partial charge is 0.0379 e. The van der Waals surface area contributed by atoms with Crippen molar-refractivity contribution in [2.24, 2.45) is 5.92 Å². The molecule has 0 aromatic heterocycles. The van der Waals surface area contributed by atoms with Crippen molar-refractivity contribution in [3.63, 3.8) is 0 Å². The number of alkyl halides is 1. The van der Waals surface area contributed by atoms with Gasteiger partial charge in [-0.3, -0.25) is 0 Å². The number of likely N-dealkylation sites (N-methyl/N-ethyl adjacent to an activating group) is 1. The van der Waals surface area contributed by atoms with Gasteiger partial charge in [-0.15, -0.1) is 11.6 Å². The molecule has 0 saturated heterocycles. The van der Waals surface area contributed by atoms with Crippen LogP contribution in [0.25, 0.3) is 0 Å². The van der Waals surface area contributed by atoms with Gasteiger partial charge >= 0.3 is 0 Å². The maximum atomic E-state index is 6.38. The monoisotopic (exact) mass is 237 g/mol. The van der Waals surface area contributed by atoms with Gasteiger partial charge in [0, 0.05) is 11.4 Å². The van der Waals surface area contributed by atoms with Gasteiger partial charge in [0.1, 0.15) is 0 Å². The van der Waals surface area contributed by atoms with Gasteiger partial charge in [0.25, 0.3) is 0 Å². The van der Waals surface area contributed by atoms with E-state index < -0.39 is 0 Å². The lowest BCUT2D eigenvalue weighted by Crippen LogP contribution is -2.31. The Morgan fingerprint density at radius 3 is 2.56 bits per heavy atom. The third-order valence-corrected chi connectivity index (χ3v) is 3.91. The summed E-state index contributed by atoms with van der Waals surface area (Å²) < 4.78 is 0. The minimum atomic E-state index is 0.362. The van der Waals surface area contributed by atoms with Crippen molar-refractivity contribution in [2.45, 2.75) is 37.1 Å². The van der Waals surface area contributed by atoms with Gasteiger partial charge in [0.2, 0.25) is 0 Å². The van der Waals surface area contributed by atoms with Crippen molar-refractivity contribution in [1.29, 1.82) is 0 Å². The predicted octanol–water partition coefficient (Wildman–Crippen LogP) is 3.22. The summed E-state index contributed by atoms with van der Waals surface area (Å²) in [5.41, 5.74) is 1.39. The van der Waals surface area contributed by atoms with E-state index in [1.54, 1.807) is 0 Å². The molecule has 1 aliphatic rings. The number of hydrogen-bond donors (Lipinski definition) is 1. The fourth-order valence-corrected chi connectivity index (χ4v) is 2.59. The van der Waals surface area contributed by atoms with E-state index in [-0.39, 0.29) is 0 Å². The molecule has 0 amide bonds. The minimum Gasteiger partial charge on any atom is -0.317 e. The SMILES string of the molecule is CNC(Cc1ccccc1)CC(Cl)C1CC1. The van der Waals surface area contributed by atoms with Crippen LogP contribution < -0.4 is 5.32 Å². The minimum absolute atomic E-state index is 0.362. The van der Waals surface area contributed by atoms with Crippen molar-refractivity contribution in [3.05, 3.63) is 35.9 Å². The second-order valence-electron chi connectivity index (χ2n) is 4.76. The molecule has 16 heavy (non-hydrogen) atoms. The Bertz CT molecular complexity index is 308. The molecule has 1 nitrogen and oxygen atoms in total. The molecule has 1 aliphatic carbocycles. The summed E-state index contributed by atoms with van der Waals surface area (Å²) in [7, 11) is 2.03. The molecule has 88 valence electrons. The van der Waals surface area contributed by atoms with Crippen molar-refractivity contribution >= 4 is 11.6 Å². The van der Waals surface area contributed by atoms with Gasteiger partial charge in [0.15, 0.2) is 0 Å². The van der Waals surface area contributed by atoms with Gasteiger partial charge in [-0.2, -0.15) is 0 Å². The van der Waals surface area contributed by atoms with Crippen LogP contribution in [0.15, 0.2) is 30.3 Å². The molecular weight excluding hydrogens is 218 g/mol. The quantitative estimate of drug-likeness (QED) is 0.750. The highest BCUT2D eigenvalue weighted by molar-refractivity contribution is 6.21. The molecule has 0 aliphatic heterocycles. The Balaban J connectivity index is 1.85. The molecule has 1 saturated carbocycles. The third kappa shape index (κ3) is 3.50. The van der Waals surface area contributed by atoms with E-state index in [1.807, 2.05) is 7.05 Å². The lowest BCUT2D eigenvalue weighted by atomic mass is 10.0. The van der Waals surface area contributed by atoms with Crippen LogP contribution in [0.3, 0.4) is 0 Å².